The molecule has 3 rings (SSSR count). The fourth-order valence-electron chi connectivity index (χ4n) is 2.92. The van der Waals surface area contributed by atoms with Gasteiger partial charge in [0.2, 0.25) is 0 Å². The number of pyridine rings is 1. The Balaban J connectivity index is 1.63. The van der Waals surface area contributed by atoms with Gasteiger partial charge in [0.05, 0.1) is 5.69 Å². The highest BCUT2D eigenvalue weighted by molar-refractivity contribution is 5.42. The summed E-state index contributed by atoms with van der Waals surface area (Å²) in [6.45, 7) is 3.24. The van der Waals surface area contributed by atoms with E-state index in [1.165, 1.54) is 12.0 Å². The summed E-state index contributed by atoms with van der Waals surface area (Å²) in [5.41, 5.74) is 3.74. The van der Waals surface area contributed by atoms with Crippen LogP contribution < -0.4 is 5.32 Å². The Morgan fingerprint density at radius 3 is 2.90 bits per heavy atom. The van der Waals surface area contributed by atoms with Crippen LogP contribution in [-0.4, -0.2) is 30.0 Å². The van der Waals surface area contributed by atoms with Gasteiger partial charge in [0, 0.05) is 32.0 Å². The van der Waals surface area contributed by atoms with Crippen molar-refractivity contribution in [3.8, 4) is 0 Å². The van der Waals surface area contributed by atoms with Crippen molar-refractivity contribution in [2.45, 2.75) is 18.9 Å². The number of nitrogens with zero attached hydrogens (tertiary/aromatic N) is 2. The predicted molar refractivity (Wildman–Crippen MR) is 82.9 cm³/mol. The Hall–Kier alpha value is -1.87. The molecule has 1 aromatic carbocycles. The molecule has 1 saturated heterocycles. The van der Waals surface area contributed by atoms with Gasteiger partial charge in [-0.15, -0.1) is 0 Å². The third-order valence-corrected chi connectivity index (χ3v) is 4.03. The number of anilines is 1. The van der Waals surface area contributed by atoms with Gasteiger partial charge < -0.3 is 5.32 Å². The maximum absolute atomic E-state index is 4.47. The molecule has 0 spiro atoms. The largest absolute Gasteiger partial charge is 0.388 e. The standard InChI is InChI=1S/C17H21N3/c1-18-16-7-9-19-17(11-16)13-20-10-8-15(12-20)14-5-3-2-4-6-14/h2-7,9,11,15H,8,10,12-13H2,1H3,(H,18,19). The van der Waals surface area contributed by atoms with Gasteiger partial charge >= 0.3 is 0 Å². The minimum atomic E-state index is 0.670. The van der Waals surface area contributed by atoms with Crippen LogP contribution in [0.25, 0.3) is 0 Å². The SMILES string of the molecule is CNc1ccnc(CN2CCC(c3ccccc3)C2)c1. The van der Waals surface area contributed by atoms with Crippen molar-refractivity contribution in [3.63, 3.8) is 0 Å². The number of aromatic nitrogens is 1. The van der Waals surface area contributed by atoms with E-state index < -0.39 is 0 Å². The smallest absolute Gasteiger partial charge is 0.0564 e. The van der Waals surface area contributed by atoms with Gasteiger partial charge in [0.25, 0.3) is 0 Å². The highest BCUT2D eigenvalue weighted by atomic mass is 15.1. The second-order valence-corrected chi connectivity index (χ2v) is 5.42. The van der Waals surface area contributed by atoms with Gasteiger partial charge in [0.1, 0.15) is 0 Å². The molecule has 1 unspecified atom stereocenters. The van der Waals surface area contributed by atoms with E-state index >= 15 is 0 Å². The van der Waals surface area contributed by atoms with Crippen LogP contribution in [0.1, 0.15) is 23.6 Å². The van der Waals surface area contributed by atoms with E-state index in [1.54, 1.807) is 0 Å². The fourth-order valence-corrected chi connectivity index (χ4v) is 2.92. The Kier molecular flexibility index (Phi) is 3.97. The molecule has 0 aliphatic carbocycles. The van der Waals surface area contributed by atoms with Crippen LogP contribution in [0.15, 0.2) is 48.7 Å². The number of hydrogen-bond donors (Lipinski definition) is 1. The summed E-state index contributed by atoms with van der Waals surface area (Å²) in [6, 6.07) is 15.0. The third-order valence-electron chi connectivity index (χ3n) is 4.03. The molecule has 1 aromatic heterocycles. The van der Waals surface area contributed by atoms with E-state index in [4.69, 9.17) is 0 Å². The molecular weight excluding hydrogens is 246 g/mol. The van der Waals surface area contributed by atoms with Crippen LogP contribution in [0.5, 0.6) is 0 Å². The van der Waals surface area contributed by atoms with E-state index in [0.29, 0.717) is 5.92 Å². The molecule has 1 fully saturated rings. The van der Waals surface area contributed by atoms with Crippen molar-refractivity contribution < 1.29 is 0 Å². The van der Waals surface area contributed by atoms with Gasteiger partial charge in [-0.1, -0.05) is 30.3 Å². The number of likely N-dealkylation sites (tertiary alicyclic amines) is 1. The predicted octanol–water partition coefficient (Wildman–Crippen LogP) is 3.11. The zero-order valence-corrected chi connectivity index (χ0v) is 11.9. The summed E-state index contributed by atoms with van der Waals surface area (Å²) < 4.78 is 0. The first-order valence-electron chi connectivity index (χ1n) is 7.25. The maximum Gasteiger partial charge on any atom is 0.0564 e. The molecule has 1 aliphatic rings. The summed E-state index contributed by atoms with van der Waals surface area (Å²) in [5.74, 6) is 0.670. The van der Waals surface area contributed by atoms with Crippen molar-refractivity contribution in [1.82, 2.24) is 9.88 Å². The van der Waals surface area contributed by atoms with E-state index in [-0.39, 0.29) is 0 Å². The van der Waals surface area contributed by atoms with Crippen LogP contribution in [0, 0.1) is 0 Å². The summed E-state index contributed by atoms with van der Waals surface area (Å²) in [6.07, 6.45) is 3.13. The average Bonchev–Trinajstić information content (AvgIpc) is 2.97. The Morgan fingerprint density at radius 2 is 2.10 bits per heavy atom. The first kappa shape index (κ1) is 13.1. The zero-order chi connectivity index (χ0) is 13.8. The monoisotopic (exact) mass is 267 g/mol. The van der Waals surface area contributed by atoms with Crippen LogP contribution >= 0.6 is 0 Å². The van der Waals surface area contributed by atoms with Crippen LogP contribution in [-0.2, 0) is 6.54 Å². The molecule has 1 atom stereocenters. The minimum Gasteiger partial charge on any atom is -0.388 e. The second kappa shape index (κ2) is 6.06. The lowest BCUT2D eigenvalue weighted by atomic mass is 9.99. The number of benzene rings is 1. The topological polar surface area (TPSA) is 28.2 Å². The fraction of sp³-hybridized carbons (Fsp3) is 0.353. The molecule has 20 heavy (non-hydrogen) atoms. The molecule has 104 valence electrons. The maximum atomic E-state index is 4.47. The molecule has 2 heterocycles. The average molecular weight is 267 g/mol. The van der Waals surface area contributed by atoms with E-state index in [0.717, 1.165) is 31.0 Å². The molecule has 2 aromatic rings. The number of hydrogen-bond acceptors (Lipinski definition) is 3. The Labute approximate surface area is 120 Å². The van der Waals surface area contributed by atoms with Crippen LogP contribution in [0.2, 0.25) is 0 Å². The second-order valence-electron chi connectivity index (χ2n) is 5.42. The first-order chi connectivity index (χ1) is 9.85. The van der Waals surface area contributed by atoms with Gasteiger partial charge in [-0.3, -0.25) is 9.88 Å². The van der Waals surface area contributed by atoms with Crippen molar-refractivity contribution in [2.75, 3.05) is 25.5 Å². The summed E-state index contributed by atoms with van der Waals surface area (Å²) >= 11 is 0. The number of rotatable bonds is 4. The van der Waals surface area contributed by atoms with Gasteiger partial charge in [0.15, 0.2) is 0 Å². The van der Waals surface area contributed by atoms with Crippen LogP contribution in [0.4, 0.5) is 5.69 Å². The molecular formula is C17H21N3. The molecule has 3 nitrogen and oxygen atoms in total. The highest BCUT2D eigenvalue weighted by Crippen LogP contribution is 2.27. The van der Waals surface area contributed by atoms with Crippen molar-refractivity contribution in [3.05, 3.63) is 59.9 Å². The third kappa shape index (κ3) is 2.99. The molecule has 0 bridgehead atoms. The van der Waals surface area contributed by atoms with E-state index in [1.807, 2.05) is 19.3 Å². The van der Waals surface area contributed by atoms with Crippen molar-refractivity contribution in [1.29, 1.82) is 0 Å². The van der Waals surface area contributed by atoms with Crippen molar-refractivity contribution >= 4 is 5.69 Å². The van der Waals surface area contributed by atoms with Gasteiger partial charge in [-0.2, -0.15) is 0 Å². The molecule has 0 radical (unpaired) electrons. The Bertz CT molecular complexity index is 553. The number of nitrogens with one attached hydrogen (secondary N) is 1. The molecule has 1 aliphatic heterocycles. The summed E-state index contributed by atoms with van der Waals surface area (Å²) in [5, 5.41) is 3.17. The highest BCUT2D eigenvalue weighted by Gasteiger charge is 2.23. The molecule has 0 amide bonds. The summed E-state index contributed by atoms with van der Waals surface area (Å²) in [4.78, 5) is 6.97. The lowest BCUT2D eigenvalue weighted by molar-refractivity contribution is 0.323. The van der Waals surface area contributed by atoms with Crippen LogP contribution in [0.3, 0.4) is 0 Å². The van der Waals surface area contributed by atoms with Gasteiger partial charge in [-0.25, -0.2) is 0 Å². The lowest BCUT2D eigenvalue weighted by Gasteiger charge is -2.16. The van der Waals surface area contributed by atoms with E-state index in [2.05, 4.69) is 51.6 Å². The van der Waals surface area contributed by atoms with Crippen molar-refractivity contribution in [2.24, 2.45) is 0 Å². The van der Waals surface area contributed by atoms with E-state index in [9.17, 15) is 0 Å². The molecule has 0 saturated carbocycles. The summed E-state index contributed by atoms with van der Waals surface area (Å²) in [7, 11) is 1.94. The zero-order valence-electron chi connectivity index (χ0n) is 11.9. The Morgan fingerprint density at radius 1 is 1.25 bits per heavy atom. The quantitative estimate of drug-likeness (QED) is 0.922. The van der Waals surface area contributed by atoms with Gasteiger partial charge in [-0.05, 0) is 36.6 Å². The first-order valence-corrected chi connectivity index (χ1v) is 7.25. The molecule has 1 N–H and O–H groups in total. The minimum absolute atomic E-state index is 0.670. The molecule has 3 heteroatoms. The normalized spacial score (nSPS) is 19.1. The lowest BCUT2D eigenvalue weighted by Crippen LogP contribution is -2.20.